The molecule has 1 aliphatic carbocycles. The molecule has 88 valence electrons. The number of aromatic nitrogens is 2. The third-order valence-electron chi connectivity index (χ3n) is 3.13. The molecular weight excluding hydrogens is 206 g/mol. The van der Waals surface area contributed by atoms with E-state index in [0.717, 1.165) is 31.9 Å². The Labute approximate surface area is 94.6 Å². The Morgan fingerprint density at radius 1 is 1.31 bits per heavy atom. The summed E-state index contributed by atoms with van der Waals surface area (Å²) < 4.78 is 10.6. The number of rotatable bonds is 4. The minimum Gasteiger partial charge on any atom is -0.381 e. The van der Waals surface area contributed by atoms with Gasteiger partial charge in [0.2, 0.25) is 5.89 Å². The number of hydrogen-bond donors (Lipinski definition) is 1. The summed E-state index contributed by atoms with van der Waals surface area (Å²) in [5, 5.41) is 7.39. The van der Waals surface area contributed by atoms with E-state index < -0.39 is 0 Å². The second kappa shape index (κ2) is 4.51. The molecule has 16 heavy (non-hydrogen) atoms. The van der Waals surface area contributed by atoms with Crippen LogP contribution >= 0.6 is 0 Å². The molecule has 1 saturated heterocycles. The molecule has 1 unspecified atom stereocenters. The monoisotopic (exact) mass is 223 g/mol. The quantitative estimate of drug-likeness (QED) is 0.831. The van der Waals surface area contributed by atoms with E-state index in [-0.39, 0.29) is 0 Å². The van der Waals surface area contributed by atoms with Crippen molar-refractivity contribution in [2.75, 3.05) is 13.2 Å². The van der Waals surface area contributed by atoms with Gasteiger partial charge in [0.15, 0.2) is 5.82 Å². The van der Waals surface area contributed by atoms with Crippen molar-refractivity contribution in [1.82, 2.24) is 15.5 Å². The maximum absolute atomic E-state index is 5.42. The molecule has 2 aliphatic rings. The maximum Gasteiger partial charge on any atom is 0.240 e. The Kier molecular flexibility index (Phi) is 2.88. The highest BCUT2D eigenvalue weighted by molar-refractivity contribution is 4.97. The minimum atomic E-state index is 0.326. The fraction of sp³-hybridized carbons (Fsp3) is 0.818. The standard InChI is InChI=1S/C11H17N3O2/c1-2-8(7-15-5-1)11-13-10(16-14-11)6-12-9-3-4-9/h8-9,12H,1-7H2. The first-order valence-electron chi connectivity index (χ1n) is 6.05. The SMILES string of the molecule is C1COCC(c2noc(CNC3CC3)n2)C1. The Morgan fingerprint density at radius 2 is 2.25 bits per heavy atom. The van der Waals surface area contributed by atoms with Crippen LogP contribution in [0.25, 0.3) is 0 Å². The van der Waals surface area contributed by atoms with Crippen LogP contribution in [-0.2, 0) is 11.3 Å². The smallest absolute Gasteiger partial charge is 0.240 e. The van der Waals surface area contributed by atoms with Crippen molar-refractivity contribution in [2.45, 2.75) is 44.2 Å². The van der Waals surface area contributed by atoms with E-state index >= 15 is 0 Å². The molecule has 0 aromatic carbocycles. The van der Waals surface area contributed by atoms with Crippen molar-refractivity contribution < 1.29 is 9.26 Å². The molecule has 0 bridgehead atoms. The molecule has 1 saturated carbocycles. The van der Waals surface area contributed by atoms with Crippen molar-refractivity contribution in [3.63, 3.8) is 0 Å². The van der Waals surface area contributed by atoms with Crippen LogP contribution in [0.2, 0.25) is 0 Å². The van der Waals surface area contributed by atoms with Gasteiger partial charge in [0.25, 0.3) is 0 Å². The van der Waals surface area contributed by atoms with Crippen LogP contribution in [0.3, 0.4) is 0 Å². The lowest BCUT2D eigenvalue weighted by Gasteiger charge is -2.18. The van der Waals surface area contributed by atoms with E-state index in [1.165, 1.54) is 12.8 Å². The summed E-state index contributed by atoms with van der Waals surface area (Å²) >= 11 is 0. The van der Waals surface area contributed by atoms with Gasteiger partial charge in [0, 0.05) is 18.6 Å². The van der Waals surface area contributed by atoms with Gasteiger partial charge in [0.1, 0.15) is 0 Å². The lowest BCUT2D eigenvalue weighted by molar-refractivity contribution is 0.0773. The van der Waals surface area contributed by atoms with E-state index in [1.54, 1.807) is 0 Å². The molecule has 5 nitrogen and oxygen atoms in total. The van der Waals surface area contributed by atoms with Crippen molar-refractivity contribution in [2.24, 2.45) is 0 Å². The fourth-order valence-electron chi connectivity index (χ4n) is 1.97. The molecule has 0 amide bonds. The summed E-state index contributed by atoms with van der Waals surface area (Å²) in [5.41, 5.74) is 0. The van der Waals surface area contributed by atoms with E-state index in [0.29, 0.717) is 24.4 Å². The number of hydrogen-bond acceptors (Lipinski definition) is 5. The first-order chi connectivity index (χ1) is 7.92. The summed E-state index contributed by atoms with van der Waals surface area (Å²) in [7, 11) is 0. The number of nitrogens with one attached hydrogen (secondary N) is 1. The van der Waals surface area contributed by atoms with Crippen LogP contribution in [0.5, 0.6) is 0 Å². The Hall–Kier alpha value is -0.940. The van der Waals surface area contributed by atoms with Gasteiger partial charge in [-0.2, -0.15) is 4.98 Å². The van der Waals surface area contributed by atoms with Crippen molar-refractivity contribution >= 4 is 0 Å². The number of nitrogens with zero attached hydrogens (tertiary/aromatic N) is 2. The lowest BCUT2D eigenvalue weighted by atomic mass is 10.0. The Morgan fingerprint density at radius 3 is 3.00 bits per heavy atom. The molecule has 1 N–H and O–H groups in total. The van der Waals surface area contributed by atoms with E-state index in [1.807, 2.05) is 0 Å². The topological polar surface area (TPSA) is 60.2 Å². The average Bonchev–Trinajstić information content (AvgIpc) is 3.05. The molecule has 2 fully saturated rings. The van der Waals surface area contributed by atoms with Gasteiger partial charge in [-0.15, -0.1) is 0 Å². The maximum atomic E-state index is 5.42. The third-order valence-corrected chi connectivity index (χ3v) is 3.13. The van der Waals surface area contributed by atoms with Gasteiger partial charge in [-0.05, 0) is 25.7 Å². The minimum absolute atomic E-state index is 0.326. The van der Waals surface area contributed by atoms with Crippen LogP contribution in [0, 0.1) is 0 Å². The predicted molar refractivity (Wildman–Crippen MR) is 57.0 cm³/mol. The zero-order chi connectivity index (χ0) is 10.8. The summed E-state index contributed by atoms with van der Waals surface area (Å²) in [5.74, 6) is 1.84. The van der Waals surface area contributed by atoms with Gasteiger partial charge in [-0.25, -0.2) is 0 Å². The zero-order valence-corrected chi connectivity index (χ0v) is 9.32. The van der Waals surface area contributed by atoms with Gasteiger partial charge >= 0.3 is 0 Å². The molecule has 1 aliphatic heterocycles. The molecule has 5 heteroatoms. The van der Waals surface area contributed by atoms with Gasteiger partial charge < -0.3 is 14.6 Å². The highest BCUT2D eigenvalue weighted by Crippen LogP contribution is 2.23. The van der Waals surface area contributed by atoms with Crippen LogP contribution in [-0.4, -0.2) is 29.4 Å². The van der Waals surface area contributed by atoms with Crippen LogP contribution in [0.15, 0.2) is 4.52 Å². The predicted octanol–water partition coefficient (Wildman–Crippen LogP) is 1.22. The summed E-state index contributed by atoms with van der Waals surface area (Å²) in [4.78, 5) is 4.41. The molecule has 1 atom stereocenters. The highest BCUT2D eigenvalue weighted by atomic mass is 16.5. The Bertz CT molecular complexity index is 343. The normalized spacial score (nSPS) is 25.9. The van der Waals surface area contributed by atoms with Gasteiger partial charge in [-0.3, -0.25) is 0 Å². The highest BCUT2D eigenvalue weighted by Gasteiger charge is 2.23. The van der Waals surface area contributed by atoms with Crippen LogP contribution in [0.1, 0.15) is 43.3 Å². The first-order valence-corrected chi connectivity index (χ1v) is 6.05. The molecule has 0 radical (unpaired) electrons. The van der Waals surface area contributed by atoms with Crippen LogP contribution in [0.4, 0.5) is 0 Å². The molecule has 0 spiro atoms. The first kappa shape index (κ1) is 10.2. The molecule has 1 aromatic rings. The molecule has 3 rings (SSSR count). The second-order valence-electron chi connectivity index (χ2n) is 4.62. The van der Waals surface area contributed by atoms with Crippen molar-refractivity contribution in [3.8, 4) is 0 Å². The average molecular weight is 223 g/mol. The largest absolute Gasteiger partial charge is 0.381 e. The van der Waals surface area contributed by atoms with E-state index in [2.05, 4.69) is 15.5 Å². The van der Waals surface area contributed by atoms with E-state index in [4.69, 9.17) is 9.26 Å². The molecular formula is C11H17N3O2. The number of ether oxygens (including phenoxy) is 1. The lowest BCUT2D eigenvalue weighted by Crippen LogP contribution is -2.17. The zero-order valence-electron chi connectivity index (χ0n) is 9.32. The van der Waals surface area contributed by atoms with E-state index in [9.17, 15) is 0 Å². The van der Waals surface area contributed by atoms with Crippen molar-refractivity contribution in [1.29, 1.82) is 0 Å². The summed E-state index contributed by atoms with van der Waals surface area (Å²) in [6.45, 7) is 2.30. The fourth-order valence-corrected chi connectivity index (χ4v) is 1.97. The third kappa shape index (κ3) is 2.41. The summed E-state index contributed by atoms with van der Waals surface area (Å²) in [6, 6.07) is 0.674. The molecule has 1 aromatic heterocycles. The molecule has 2 heterocycles. The van der Waals surface area contributed by atoms with Crippen LogP contribution < -0.4 is 5.32 Å². The second-order valence-corrected chi connectivity index (χ2v) is 4.62. The van der Waals surface area contributed by atoms with Gasteiger partial charge in [-0.1, -0.05) is 5.16 Å². The summed E-state index contributed by atoms with van der Waals surface area (Å²) in [6.07, 6.45) is 4.75. The Balaban J connectivity index is 1.57. The van der Waals surface area contributed by atoms with Crippen molar-refractivity contribution in [3.05, 3.63) is 11.7 Å². The van der Waals surface area contributed by atoms with Gasteiger partial charge in [0.05, 0.1) is 13.2 Å².